The quantitative estimate of drug-likeness (QED) is 0.679. The average molecular weight is 405 g/mol. The van der Waals surface area contributed by atoms with Crippen molar-refractivity contribution in [3.63, 3.8) is 0 Å². The Kier molecular flexibility index (Phi) is 4.93. The zero-order chi connectivity index (χ0) is 20.5. The molecule has 1 saturated carbocycles. The lowest BCUT2D eigenvalue weighted by Gasteiger charge is -2.19. The minimum atomic E-state index is -0.283. The standard InChI is InChI=1S/C21H23N7O2/c22-10-14-9-15-11-25-21(27-18(15)28(20(14)29)16-3-1-2-4-16)26-17-12-24-19(30-17)13-5-7-23-8-6-13/h9,11-13,16,23H,1-8H2,(H,25,26,27). The number of fused-ring (bicyclic) bond motifs is 1. The van der Waals surface area contributed by atoms with E-state index in [4.69, 9.17) is 4.42 Å². The van der Waals surface area contributed by atoms with E-state index in [-0.39, 0.29) is 17.2 Å². The molecular weight excluding hydrogens is 382 g/mol. The lowest BCUT2D eigenvalue weighted by molar-refractivity contribution is 0.379. The summed E-state index contributed by atoms with van der Waals surface area (Å²) in [6.45, 7) is 1.93. The van der Waals surface area contributed by atoms with Crippen molar-refractivity contribution in [2.45, 2.75) is 50.5 Å². The highest BCUT2D eigenvalue weighted by Crippen LogP contribution is 2.31. The van der Waals surface area contributed by atoms with Crippen LogP contribution >= 0.6 is 0 Å². The Morgan fingerprint density at radius 3 is 2.73 bits per heavy atom. The predicted octanol–water partition coefficient (Wildman–Crippen LogP) is 2.98. The molecule has 30 heavy (non-hydrogen) atoms. The van der Waals surface area contributed by atoms with Crippen molar-refractivity contribution in [1.82, 2.24) is 24.8 Å². The van der Waals surface area contributed by atoms with Gasteiger partial charge in [-0.25, -0.2) is 9.97 Å². The third-order valence-corrected chi connectivity index (χ3v) is 6.03. The maximum Gasteiger partial charge on any atom is 0.270 e. The van der Waals surface area contributed by atoms with Gasteiger partial charge in [0.2, 0.25) is 11.8 Å². The van der Waals surface area contributed by atoms with Crippen LogP contribution in [0.25, 0.3) is 11.0 Å². The first kappa shape index (κ1) is 18.8. The van der Waals surface area contributed by atoms with Gasteiger partial charge in [0.1, 0.15) is 17.3 Å². The summed E-state index contributed by atoms with van der Waals surface area (Å²) in [6.07, 6.45) is 9.26. The normalized spacial score (nSPS) is 18.0. The summed E-state index contributed by atoms with van der Waals surface area (Å²) in [4.78, 5) is 26.2. The maximum atomic E-state index is 12.9. The topological polar surface area (TPSA) is 122 Å². The maximum absolute atomic E-state index is 12.9. The number of piperidine rings is 1. The van der Waals surface area contributed by atoms with Gasteiger partial charge in [-0.15, -0.1) is 0 Å². The van der Waals surface area contributed by atoms with E-state index < -0.39 is 0 Å². The second-order valence-corrected chi connectivity index (χ2v) is 7.97. The Bertz CT molecular complexity index is 1160. The smallest absolute Gasteiger partial charge is 0.270 e. The van der Waals surface area contributed by atoms with Crippen LogP contribution in [0.1, 0.15) is 61.9 Å². The van der Waals surface area contributed by atoms with Crippen molar-refractivity contribution in [1.29, 1.82) is 5.26 Å². The number of anilines is 2. The first-order valence-corrected chi connectivity index (χ1v) is 10.5. The molecule has 2 N–H and O–H groups in total. The van der Waals surface area contributed by atoms with E-state index in [1.54, 1.807) is 23.0 Å². The van der Waals surface area contributed by atoms with Crippen LogP contribution in [0.2, 0.25) is 0 Å². The van der Waals surface area contributed by atoms with Crippen LogP contribution in [0.15, 0.2) is 27.7 Å². The Balaban J connectivity index is 1.49. The second-order valence-electron chi connectivity index (χ2n) is 7.97. The van der Waals surface area contributed by atoms with Gasteiger partial charge in [-0.05, 0) is 44.8 Å². The van der Waals surface area contributed by atoms with E-state index in [0.29, 0.717) is 28.8 Å². The highest BCUT2D eigenvalue weighted by Gasteiger charge is 2.23. The van der Waals surface area contributed by atoms with Crippen LogP contribution < -0.4 is 16.2 Å². The molecule has 154 valence electrons. The number of nitrogens with one attached hydrogen (secondary N) is 2. The highest BCUT2D eigenvalue weighted by molar-refractivity contribution is 5.77. The van der Waals surface area contributed by atoms with Gasteiger partial charge in [-0.2, -0.15) is 10.2 Å². The third kappa shape index (κ3) is 3.44. The summed E-state index contributed by atoms with van der Waals surface area (Å²) in [5, 5.41) is 16.5. The van der Waals surface area contributed by atoms with Gasteiger partial charge in [-0.1, -0.05) is 12.8 Å². The fourth-order valence-electron chi connectivity index (χ4n) is 4.47. The first-order chi connectivity index (χ1) is 14.7. The van der Waals surface area contributed by atoms with E-state index in [2.05, 4.69) is 25.6 Å². The van der Waals surface area contributed by atoms with Crippen molar-refractivity contribution in [3.8, 4) is 6.07 Å². The largest absolute Gasteiger partial charge is 0.425 e. The first-order valence-electron chi connectivity index (χ1n) is 10.5. The SMILES string of the molecule is N#Cc1cc2cnc(Nc3cnc(C4CCNCC4)o3)nc2n(C2CCCC2)c1=O. The molecule has 0 atom stereocenters. The van der Waals surface area contributed by atoms with Crippen LogP contribution in [0, 0.1) is 11.3 Å². The monoisotopic (exact) mass is 405 g/mol. The molecule has 1 saturated heterocycles. The Labute approximate surface area is 173 Å². The third-order valence-electron chi connectivity index (χ3n) is 6.03. The number of hydrogen-bond donors (Lipinski definition) is 2. The fourth-order valence-corrected chi connectivity index (χ4v) is 4.47. The van der Waals surface area contributed by atoms with Crippen molar-refractivity contribution in [3.05, 3.63) is 40.3 Å². The average Bonchev–Trinajstić information content (AvgIpc) is 3.46. The molecule has 3 aromatic heterocycles. The van der Waals surface area contributed by atoms with Gasteiger partial charge in [0.25, 0.3) is 5.56 Å². The summed E-state index contributed by atoms with van der Waals surface area (Å²) in [6, 6.07) is 3.64. The molecule has 2 aliphatic rings. The number of aromatic nitrogens is 4. The summed E-state index contributed by atoms with van der Waals surface area (Å²) >= 11 is 0. The lowest BCUT2D eigenvalue weighted by atomic mass is 9.98. The van der Waals surface area contributed by atoms with Crippen molar-refractivity contribution >= 4 is 22.9 Å². The molecule has 1 aliphatic carbocycles. The van der Waals surface area contributed by atoms with Gasteiger partial charge >= 0.3 is 0 Å². The van der Waals surface area contributed by atoms with Gasteiger partial charge in [-0.3, -0.25) is 14.7 Å². The fraction of sp³-hybridized carbons (Fsp3) is 0.476. The van der Waals surface area contributed by atoms with E-state index in [1.165, 1.54) is 0 Å². The molecule has 9 heteroatoms. The van der Waals surface area contributed by atoms with Gasteiger partial charge in [0, 0.05) is 23.5 Å². The summed E-state index contributed by atoms with van der Waals surface area (Å²) in [7, 11) is 0. The zero-order valence-electron chi connectivity index (χ0n) is 16.6. The number of pyridine rings is 1. The zero-order valence-corrected chi connectivity index (χ0v) is 16.6. The molecule has 5 rings (SSSR count). The van der Waals surface area contributed by atoms with E-state index in [1.807, 2.05) is 6.07 Å². The highest BCUT2D eigenvalue weighted by atomic mass is 16.4. The second kappa shape index (κ2) is 7.88. The molecule has 0 unspecified atom stereocenters. The Morgan fingerprint density at radius 1 is 1.17 bits per heavy atom. The summed E-state index contributed by atoms with van der Waals surface area (Å²) < 4.78 is 7.56. The summed E-state index contributed by atoms with van der Waals surface area (Å²) in [5.41, 5.74) is 0.386. The van der Waals surface area contributed by atoms with Crippen molar-refractivity contribution < 1.29 is 4.42 Å². The van der Waals surface area contributed by atoms with Gasteiger partial charge in [0.15, 0.2) is 5.89 Å². The molecule has 0 radical (unpaired) electrons. The van der Waals surface area contributed by atoms with Crippen LogP contribution in [0.3, 0.4) is 0 Å². The molecular formula is C21H23N7O2. The predicted molar refractivity (Wildman–Crippen MR) is 111 cm³/mol. The van der Waals surface area contributed by atoms with E-state index in [0.717, 1.165) is 57.5 Å². The summed E-state index contributed by atoms with van der Waals surface area (Å²) in [5.74, 6) is 1.86. The molecule has 0 amide bonds. The van der Waals surface area contributed by atoms with E-state index in [9.17, 15) is 10.1 Å². The lowest BCUT2D eigenvalue weighted by Crippen LogP contribution is -2.26. The minimum Gasteiger partial charge on any atom is -0.425 e. The minimum absolute atomic E-state index is 0.0628. The van der Waals surface area contributed by atoms with Crippen molar-refractivity contribution in [2.24, 2.45) is 0 Å². The van der Waals surface area contributed by atoms with Crippen LogP contribution in [-0.4, -0.2) is 32.6 Å². The van der Waals surface area contributed by atoms with Gasteiger partial charge in [0.05, 0.1) is 6.20 Å². The van der Waals surface area contributed by atoms with E-state index >= 15 is 0 Å². The molecule has 3 aromatic rings. The molecule has 2 fully saturated rings. The number of nitrogens with zero attached hydrogens (tertiary/aromatic N) is 5. The molecule has 0 aromatic carbocycles. The molecule has 1 aliphatic heterocycles. The van der Waals surface area contributed by atoms with Crippen LogP contribution in [0.4, 0.5) is 11.8 Å². The number of oxazole rings is 1. The van der Waals surface area contributed by atoms with Crippen LogP contribution in [-0.2, 0) is 0 Å². The number of rotatable bonds is 4. The Morgan fingerprint density at radius 2 is 1.97 bits per heavy atom. The number of hydrogen-bond acceptors (Lipinski definition) is 8. The van der Waals surface area contributed by atoms with Gasteiger partial charge < -0.3 is 9.73 Å². The molecule has 0 spiro atoms. The van der Waals surface area contributed by atoms with Crippen LogP contribution in [0.5, 0.6) is 0 Å². The molecule has 9 nitrogen and oxygen atoms in total. The number of nitriles is 1. The molecule has 0 bridgehead atoms. The Hall–Kier alpha value is -3.25. The van der Waals surface area contributed by atoms with Crippen molar-refractivity contribution in [2.75, 3.05) is 18.4 Å². The molecule has 4 heterocycles.